The lowest BCUT2D eigenvalue weighted by atomic mass is 10.1. The molecule has 0 amide bonds. The average Bonchev–Trinajstić information content (AvgIpc) is 2.45. The van der Waals surface area contributed by atoms with E-state index in [1.54, 1.807) is 0 Å². The van der Waals surface area contributed by atoms with Gasteiger partial charge in [-0.25, -0.2) is 0 Å². The second kappa shape index (κ2) is 9.09. The van der Waals surface area contributed by atoms with Gasteiger partial charge in [-0.15, -0.1) is 0 Å². The minimum Gasteiger partial charge on any atom is -0.372 e. The van der Waals surface area contributed by atoms with Crippen LogP contribution in [0.3, 0.4) is 0 Å². The molecule has 21 heavy (non-hydrogen) atoms. The van der Waals surface area contributed by atoms with E-state index in [4.69, 9.17) is 34.8 Å². The van der Waals surface area contributed by atoms with Crippen LogP contribution >= 0.6 is 34.8 Å². The summed E-state index contributed by atoms with van der Waals surface area (Å²) in [6, 6.07) is 7.97. The molecular weight excluding hydrogens is 327 g/mol. The number of nitrogens with zero attached hydrogens (tertiary/aromatic N) is 1. The lowest BCUT2D eigenvalue weighted by molar-refractivity contribution is 0.527. The molecule has 0 saturated carbocycles. The third-order valence-corrected chi connectivity index (χ3v) is 4.22. The van der Waals surface area contributed by atoms with E-state index >= 15 is 0 Å². The summed E-state index contributed by atoms with van der Waals surface area (Å²) in [6.07, 6.45) is 2.18. The molecule has 1 rings (SSSR count). The van der Waals surface area contributed by atoms with Gasteiger partial charge >= 0.3 is 0 Å². The van der Waals surface area contributed by atoms with E-state index < -0.39 is 3.79 Å². The Labute approximate surface area is 143 Å². The van der Waals surface area contributed by atoms with Crippen LogP contribution in [0, 0.1) is 0 Å². The van der Waals surface area contributed by atoms with Crippen molar-refractivity contribution in [1.29, 1.82) is 0 Å². The number of hydrogen-bond acceptors (Lipinski definition) is 2. The van der Waals surface area contributed by atoms with Crippen LogP contribution in [0.25, 0.3) is 0 Å². The topological polar surface area (TPSA) is 15.3 Å². The van der Waals surface area contributed by atoms with Gasteiger partial charge in [-0.2, -0.15) is 0 Å². The Bertz CT molecular complexity index is 397. The Morgan fingerprint density at radius 2 is 1.62 bits per heavy atom. The van der Waals surface area contributed by atoms with Crippen molar-refractivity contribution in [3.63, 3.8) is 0 Å². The number of nitrogens with one attached hydrogen (secondary N) is 1. The highest BCUT2D eigenvalue weighted by Crippen LogP contribution is 2.40. The molecule has 0 fully saturated rings. The number of benzene rings is 1. The average molecular weight is 352 g/mol. The number of unbranched alkanes of at least 4 members (excludes halogenated alkanes) is 1. The molecule has 0 saturated heterocycles. The Balaban J connectivity index is 2.88. The van der Waals surface area contributed by atoms with Crippen LogP contribution in [0.1, 0.15) is 45.2 Å². The largest absolute Gasteiger partial charge is 0.372 e. The maximum Gasteiger partial charge on any atom is 0.209 e. The normalized spacial score (nSPS) is 13.2. The second-order valence-corrected chi connectivity index (χ2v) is 7.42. The fourth-order valence-corrected chi connectivity index (χ4v) is 2.92. The predicted molar refractivity (Wildman–Crippen MR) is 95.9 cm³/mol. The molecule has 120 valence electrons. The molecule has 0 aliphatic heterocycles. The zero-order chi connectivity index (χ0) is 15.9. The van der Waals surface area contributed by atoms with Gasteiger partial charge in [-0.05, 0) is 44.5 Å². The van der Waals surface area contributed by atoms with Gasteiger partial charge in [0.15, 0.2) is 0 Å². The summed E-state index contributed by atoms with van der Waals surface area (Å²) >= 11 is 18.4. The first kappa shape index (κ1) is 18.9. The highest BCUT2D eigenvalue weighted by Gasteiger charge is 2.33. The Morgan fingerprint density at radius 3 is 2.05 bits per heavy atom. The summed E-state index contributed by atoms with van der Waals surface area (Å²) < 4.78 is -1.36. The van der Waals surface area contributed by atoms with Gasteiger partial charge in [0.1, 0.15) is 0 Å². The van der Waals surface area contributed by atoms with E-state index in [0.29, 0.717) is 0 Å². The van der Waals surface area contributed by atoms with Crippen LogP contribution in [-0.4, -0.2) is 23.4 Å². The summed E-state index contributed by atoms with van der Waals surface area (Å²) in [5.41, 5.74) is 2.20. The molecule has 0 heterocycles. The van der Waals surface area contributed by atoms with Crippen molar-refractivity contribution in [2.45, 2.75) is 43.4 Å². The zero-order valence-electron chi connectivity index (χ0n) is 13.0. The van der Waals surface area contributed by atoms with Gasteiger partial charge in [-0.3, -0.25) is 0 Å². The smallest absolute Gasteiger partial charge is 0.209 e. The molecule has 1 aromatic carbocycles. The van der Waals surface area contributed by atoms with Crippen molar-refractivity contribution in [1.82, 2.24) is 5.32 Å². The molecular formula is C16H25Cl3N2. The lowest BCUT2D eigenvalue weighted by Gasteiger charge is -2.27. The number of anilines is 1. The van der Waals surface area contributed by atoms with Gasteiger partial charge in [0.25, 0.3) is 0 Å². The van der Waals surface area contributed by atoms with Crippen LogP contribution < -0.4 is 10.2 Å². The summed E-state index contributed by atoms with van der Waals surface area (Å²) in [4.78, 5) is 2.29. The third kappa shape index (κ3) is 5.86. The molecule has 0 aliphatic rings. The van der Waals surface area contributed by atoms with Crippen molar-refractivity contribution < 1.29 is 0 Å². The molecule has 1 aromatic rings. The van der Waals surface area contributed by atoms with Gasteiger partial charge in [0.05, 0.1) is 6.04 Å². The van der Waals surface area contributed by atoms with Crippen LogP contribution in [0.4, 0.5) is 5.69 Å². The van der Waals surface area contributed by atoms with Crippen molar-refractivity contribution in [2.75, 3.05) is 24.5 Å². The van der Waals surface area contributed by atoms with Crippen molar-refractivity contribution in [3.05, 3.63) is 29.8 Å². The SMILES string of the molecule is CCCCNC(c1ccc(N(CC)CC)cc1)C(Cl)(Cl)Cl. The van der Waals surface area contributed by atoms with E-state index in [1.807, 2.05) is 12.1 Å². The highest BCUT2D eigenvalue weighted by atomic mass is 35.6. The lowest BCUT2D eigenvalue weighted by Crippen LogP contribution is -2.32. The monoisotopic (exact) mass is 350 g/mol. The molecule has 0 aromatic heterocycles. The van der Waals surface area contributed by atoms with Crippen LogP contribution in [-0.2, 0) is 0 Å². The molecule has 5 heteroatoms. The van der Waals surface area contributed by atoms with Crippen LogP contribution in [0.5, 0.6) is 0 Å². The van der Waals surface area contributed by atoms with E-state index in [1.165, 1.54) is 5.69 Å². The quantitative estimate of drug-likeness (QED) is 0.503. The molecule has 0 aliphatic carbocycles. The minimum absolute atomic E-state index is 0.292. The van der Waals surface area contributed by atoms with Gasteiger partial charge < -0.3 is 10.2 Å². The Morgan fingerprint density at radius 1 is 1.05 bits per heavy atom. The first-order valence-electron chi connectivity index (χ1n) is 7.59. The molecule has 2 nitrogen and oxygen atoms in total. The Hall–Kier alpha value is -0.150. The van der Waals surface area contributed by atoms with E-state index in [2.05, 4.69) is 43.1 Å². The number of hydrogen-bond donors (Lipinski definition) is 1. The first-order chi connectivity index (χ1) is 9.93. The summed E-state index contributed by atoms with van der Waals surface area (Å²) in [7, 11) is 0. The van der Waals surface area contributed by atoms with E-state index in [9.17, 15) is 0 Å². The molecule has 1 unspecified atom stereocenters. The van der Waals surface area contributed by atoms with Gasteiger partial charge in [0, 0.05) is 18.8 Å². The zero-order valence-corrected chi connectivity index (χ0v) is 15.3. The van der Waals surface area contributed by atoms with Crippen molar-refractivity contribution >= 4 is 40.5 Å². The fraction of sp³-hybridized carbons (Fsp3) is 0.625. The van der Waals surface area contributed by atoms with Crippen molar-refractivity contribution in [2.24, 2.45) is 0 Å². The standard InChI is InChI=1S/C16H25Cl3N2/c1-4-7-12-20-15(16(17,18)19)13-8-10-14(11-9-13)21(5-2)6-3/h8-11,15,20H,4-7,12H2,1-3H3. The molecule has 1 N–H and O–H groups in total. The second-order valence-electron chi connectivity index (χ2n) is 5.05. The van der Waals surface area contributed by atoms with Crippen LogP contribution in [0.15, 0.2) is 24.3 Å². The maximum absolute atomic E-state index is 6.13. The van der Waals surface area contributed by atoms with Gasteiger partial charge in [-0.1, -0.05) is 60.3 Å². The molecule has 0 radical (unpaired) electrons. The number of rotatable bonds is 8. The Kier molecular flexibility index (Phi) is 8.18. The molecule has 1 atom stereocenters. The number of halogens is 3. The minimum atomic E-state index is -1.36. The molecule has 0 bridgehead atoms. The molecule has 0 spiro atoms. The predicted octanol–water partition coefficient (Wildman–Crippen LogP) is 5.33. The van der Waals surface area contributed by atoms with Crippen molar-refractivity contribution in [3.8, 4) is 0 Å². The summed E-state index contributed by atoms with van der Waals surface area (Å²) in [5, 5.41) is 3.34. The summed E-state index contributed by atoms with van der Waals surface area (Å²) in [5.74, 6) is 0. The number of alkyl halides is 3. The summed E-state index contributed by atoms with van der Waals surface area (Å²) in [6.45, 7) is 9.25. The van der Waals surface area contributed by atoms with Gasteiger partial charge in [0.2, 0.25) is 3.79 Å². The first-order valence-corrected chi connectivity index (χ1v) is 8.72. The van der Waals surface area contributed by atoms with Crippen LogP contribution in [0.2, 0.25) is 0 Å². The van der Waals surface area contributed by atoms with E-state index in [-0.39, 0.29) is 6.04 Å². The fourth-order valence-electron chi connectivity index (χ4n) is 2.31. The van der Waals surface area contributed by atoms with E-state index in [0.717, 1.165) is 38.0 Å². The highest BCUT2D eigenvalue weighted by molar-refractivity contribution is 6.68. The maximum atomic E-state index is 6.13. The third-order valence-electron chi connectivity index (χ3n) is 3.56.